The van der Waals surface area contributed by atoms with Crippen LogP contribution in [0.15, 0.2) is 29.2 Å². The largest absolute Gasteiger partial charge is 0.358 e. The number of nitrogens with one attached hydrogen (secondary N) is 2. The summed E-state index contributed by atoms with van der Waals surface area (Å²) in [6.07, 6.45) is 1.68. The van der Waals surface area contributed by atoms with Crippen molar-refractivity contribution in [3.05, 3.63) is 40.3 Å². The van der Waals surface area contributed by atoms with Crippen LogP contribution in [0.3, 0.4) is 0 Å². The van der Waals surface area contributed by atoms with E-state index in [1.165, 1.54) is 0 Å². The second kappa shape index (κ2) is 2.70. The molecular weight excluding hydrogens is 190 g/mol. The third-order valence-corrected chi connectivity index (χ3v) is 2.55. The topological polar surface area (TPSA) is 61.5 Å². The van der Waals surface area contributed by atoms with Crippen LogP contribution in [-0.4, -0.2) is 15.2 Å². The molecule has 0 saturated carbocycles. The van der Waals surface area contributed by atoms with Gasteiger partial charge in [-0.3, -0.25) is 9.89 Å². The average molecular weight is 199 g/mol. The summed E-state index contributed by atoms with van der Waals surface area (Å²) in [7, 11) is 0. The van der Waals surface area contributed by atoms with Crippen molar-refractivity contribution in [2.24, 2.45) is 0 Å². The Bertz CT molecular complexity index is 708. The maximum absolute atomic E-state index is 11.8. The summed E-state index contributed by atoms with van der Waals surface area (Å²) in [5.41, 5.74) is 2.65. The van der Waals surface area contributed by atoms with Crippen molar-refractivity contribution in [3.8, 4) is 0 Å². The lowest BCUT2D eigenvalue weighted by Crippen LogP contribution is -2.02. The minimum Gasteiger partial charge on any atom is -0.358 e. The number of H-pyrrole nitrogens is 2. The van der Waals surface area contributed by atoms with E-state index < -0.39 is 0 Å². The van der Waals surface area contributed by atoms with Gasteiger partial charge in [0.25, 0.3) is 0 Å². The normalized spacial score (nSPS) is 11.3. The minimum atomic E-state index is 0.0354. The van der Waals surface area contributed by atoms with Crippen LogP contribution in [0.5, 0.6) is 0 Å². The number of aromatic amines is 2. The molecule has 0 bridgehead atoms. The molecular formula is C11H9N3O. The third kappa shape index (κ3) is 1.08. The molecule has 0 fully saturated rings. The Morgan fingerprint density at radius 2 is 2.07 bits per heavy atom. The molecule has 0 spiro atoms. The highest BCUT2D eigenvalue weighted by Gasteiger charge is 2.05. The van der Waals surface area contributed by atoms with Gasteiger partial charge in [-0.2, -0.15) is 5.10 Å². The van der Waals surface area contributed by atoms with Crippen molar-refractivity contribution in [1.29, 1.82) is 0 Å². The molecule has 15 heavy (non-hydrogen) atoms. The fourth-order valence-electron chi connectivity index (χ4n) is 1.90. The molecule has 74 valence electrons. The van der Waals surface area contributed by atoms with Crippen LogP contribution >= 0.6 is 0 Å². The van der Waals surface area contributed by atoms with Crippen molar-refractivity contribution < 1.29 is 0 Å². The molecule has 2 aromatic heterocycles. The maximum Gasteiger partial charge on any atom is 0.190 e. The van der Waals surface area contributed by atoms with Gasteiger partial charge in [-0.25, -0.2) is 0 Å². The molecule has 3 aromatic rings. The van der Waals surface area contributed by atoms with E-state index in [9.17, 15) is 4.79 Å². The van der Waals surface area contributed by atoms with Crippen molar-refractivity contribution in [2.45, 2.75) is 6.92 Å². The standard InChI is InChI=1S/C11H9N3O/c1-6-4-10(15)11-7-5-12-14-8(7)2-3-9(11)13-6/h2-5H,1H3,(H,12,14)(H,13,15). The smallest absolute Gasteiger partial charge is 0.190 e. The first-order valence-corrected chi connectivity index (χ1v) is 4.71. The van der Waals surface area contributed by atoms with Crippen LogP contribution in [0.4, 0.5) is 0 Å². The quantitative estimate of drug-likeness (QED) is 0.579. The van der Waals surface area contributed by atoms with E-state index >= 15 is 0 Å². The van der Waals surface area contributed by atoms with Gasteiger partial charge in [0.05, 0.1) is 22.6 Å². The Kier molecular flexibility index (Phi) is 1.48. The van der Waals surface area contributed by atoms with E-state index in [0.717, 1.165) is 22.1 Å². The summed E-state index contributed by atoms with van der Waals surface area (Å²) < 4.78 is 0. The van der Waals surface area contributed by atoms with Gasteiger partial charge in [0.2, 0.25) is 0 Å². The van der Waals surface area contributed by atoms with Crippen molar-refractivity contribution in [2.75, 3.05) is 0 Å². The summed E-state index contributed by atoms with van der Waals surface area (Å²) in [6, 6.07) is 5.42. The molecule has 0 aliphatic rings. The summed E-state index contributed by atoms with van der Waals surface area (Å²) in [5.74, 6) is 0. The second-order valence-electron chi connectivity index (χ2n) is 3.64. The van der Waals surface area contributed by atoms with Crippen LogP contribution in [0.2, 0.25) is 0 Å². The van der Waals surface area contributed by atoms with E-state index in [2.05, 4.69) is 15.2 Å². The number of fused-ring (bicyclic) bond motifs is 3. The van der Waals surface area contributed by atoms with Crippen molar-refractivity contribution in [3.63, 3.8) is 0 Å². The van der Waals surface area contributed by atoms with E-state index in [1.807, 2.05) is 19.1 Å². The predicted octanol–water partition coefficient (Wildman–Crippen LogP) is 1.71. The summed E-state index contributed by atoms with van der Waals surface area (Å²) >= 11 is 0. The fourth-order valence-corrected chi connectivity index (χ4v) is 1.90. The molecule has 4 nitrogen and oxygen atoms in total. The molecule has 0 amide bonds. The van der Waals surface area contributed by atoms with Gasteiger partial charge in [0.15, 0.2) is 5.43 Å². The number of nitrogens with zero attached hydrogens (tertiary/aromatic N) is 1. The summed E-state index contributed by atoms with van der Waals surface area (Å²) in [6.45, 7) is 1.88. The zero-order valence-corrected chi connectivity index (χ0v) is 8.16. The van der Waals surface area contributed by atoms with Gasteiger partial charge >= 0.3 is 0 Å². The molecule has 0 aliphatic carbocycles. The molecule has 0 radical (unpaired) electrons. The molecule has 3 rings (SSSR count). The number of rotatable bonds is 0. The summed E-state index contributed by atoms with van der Waals surface area (Å²) in [5, 5.41) is 8.36. The first-order chi connectivity index (χ1) is 7.25. The Morgan fingerprint density at radius 3 is 2.93 bits per heavy atom. The molecule has 4 heteroatoms. The molecule has 0 saturated heterocycles. The maximum atomic E-state index is 11.8. The van der Waals surface area contributed by atoms with Crippen LogP contribution in [0, 0.1) is 6.92 Å². The SMILES string of the molecule is Cc1cc(=O)c2c(ccc3[nH]ncc32)[nH]1. The number of hydrogen-bond acceptors (Lipinski definition) is 2. The Labute approximate surface area is 84.9 Å². The van der Waals surface area contributed by atoms with Gasteiger partial charge in [0, 0.05) is 17.1 Å². The minimum absolute atomic E-state index is 0.0354. The average Bonchev–Trinajstić information content (AvgIpc) is 2.63. The van der Waals surface area contributed by atoms with Gasteiger partial charge in [-0.05, 0) is 19.1 Å². The van der Waals surface area contributed by atoms with Crippen LogP contribution in [-0.2, 0) is 0 Å². The first kappa shape index (κ1) is 8.23. The molecule has 1 aromatic carbocycles. The van der Waals surface area contributed by atoms with Crippen molar-refractivity contribution >= 4 is 21.8 Å². The zero-order chi connectivity index (χ0) is 10.4. The van der Waals surface area contributed by atoms with Gasteiger partial charge in [-0.15, -0.1) is 0 Å². The predicted molar refractivity (Wildman–Crippen MR) is 59.0 cm³/mol. The van der Waals surface area contributed by atoms with Gasteiger partial charge < -0.3 is 4.98 Å². The number of aromatic nitrogens is 3. The molecule has 0 unspecified atom stereocenters. The molecule has 2 N–H and O–H groups in total. The molecule has 0 aliphatic heterocycles. The fraction of sp³-hybridized carbons (Fsp3) is 0.0909. The van der Waals surface area contributed by atoms with Gasteiger partial charge in [-0.1, -0.05) is 0 Å². The van der Waals surface area contributed by atoms with Crippen LogP contribution < -0.4 is 5.43 Å². The monoisotopic (exact) mass is 199 g/mol. The van der Waals surface area contributed by atoms with Crippen molar-refractivity contribution in [1.82, 2.24) is 15.2 Å². The highest BCUT2D eigenvalue weighted by Crippen LogP contribution is 2.19. The van der Waals surface area contributed by atoms with Gasteiger partial charge in [0.1, 0.15) is 0 Å². The number of benzene rings is 1. The lowest BCUT2D eigenvalue weighted by atomic mass is 10.1. The third-order valence-electron chi connectivity index (χ3n) is 2.55. The molecule has 0 atom stereocenters. The second-order valence-corrected chi connectivity index (χ2v) is 3.64. The van der Waals surface area contributed by atoms with E-state index in [0.29, 0.717) is 5.39 Å². The lowest BCUT2D eigenvalue weighted by molar-refractivity contribution is 1.12. The highest BCUT2D eigenvalue weighted by molar-refractivity contribution is 6.04. The van der Waals surface area contributed by atoms with Crippen LogP contribution in [0.25, 0.3) is 21.8 Å². The number of hydrogen-bond donors (Lipinski definition) is 2. The Balaban J connectivity index is 2.68. The molecule has 2 heterocycles. The van der Waals surface area contributed by atoms with E-state index in [-0.39, 0.29) is 5.43 Å². The van der Waals surface area contributed by atoms with E-state index in [1.54, 1.807) is 12.3 Å². The first-order valence-electron chi connectivity index (χ1n) is 4.71. The Morgan fingerprint density at radius 1 is 1.27 bits per heavy atom. The lowest BCUT2D eigenvalue weighted by Gasteiger charge is -2.00. The number of pyridine rings is 1. The van der Waals surface area contributed by atoms with Crippen LogP contribution in [0.1, 0.15) is 5.69 Å². The highest BCUT2D eigenvalue weighted by atomic mass is 16.1. The zero-order valence-electron chi connectivity index (χ0n) is 8.16. The number of aryl methyl sites for hydroxylation is 1. The summed E-state index contributed by atoms with van der Waals surface area (Å²) in [4.78, 5) is 15.0. The van der Waals surface area contributed by atoms with E-state index in [4.69, 9.17) is 0 Å². The Hall–Kier alpha value is -2.10.